The van der Waals surface area contributed by atoms with Gasteiger partial charge in [0.05, 0.1) is 12.1 Å². The van der Waals surface area contributed by atoms with Crippen LogP contribution in [0.2, 0.25) is 0 Å². The molecule has 0 bridgehead atoms. The van der Waals surface area contributed by atoms with Gasteiger partial charge in [-0.2, -0.15) is 0 Å². The summed E-state index contributed by atoms with van der Waals surface area (Å²) < 4.78 is 4.41. The summed E-state index contributed by atoms with van der Waals surface area (Å²) in [7, 11) is 1.20. The summed E-state index contributed by atoms with van der Waals surface area (Å²) in [6.45, 7) is 1.63. The number of methoxy groups -OCH3 is 1. The molecule has 0 radical (unpaired) electrons. The van der Waals surface area contributed by atoms with Crippen LogP contribution in [0.4, 0.5) is 0 Å². The minimum Gasteiger partial charge on any atom is -0.476 e. The van der Waals surface area contributed by atoms with E-state index >= 15 is 0 Å². The van der Waals surface area contributed by atoms with Crippen molar-refractivity contribution >= 4 is 23.3 Å². The van der Waals surface area contributed by atoms with E-state index in [1.165, 1.54) is 7.11 Å². The number of aromatic nitrogens is 1. The first-order valence-electron chi connectivity index (χ1n) is 3.35. The second-order valence-electron chi connectivity index (χ2n) is 2.21. The van der Waals surface area contributed by atoms with Crippen molar-refractivity contribution in [2.24, 2.45) is 0 Å². The van der Waals surface area contributed by atoms with Crippen molar-refractivity contribution in [2.75, 3.05) is 7.11 Å². The summed E-state index contributed by atoms with van der Waals surface area (Å²) in [5.41, 5.74) is -0.241. The van der Waals surface area contributed by atoms with Gasteiger partial charge in [-0.15, -0.1) is 11.3 Å². The Bertz CT molecular complexity index is 357. The van der Waals surface area contributed by atoms with Crippen LogP contribution in [0.15, 0.2) is 0 Å². The molecular weight excluding hydrogens is 194 g/mol. The number of esters is 1. The van der Waals surface area contributed by atoms with Crippen LogP contribution in [0.1, 0.15) is 25.2 Å². The van der Waals surface area contributed by atoms with Crippen LogP contribution in [-0.4, -0.2) is 29.1 Å². The molecule has 1 aromatic rings. The molecule has 1 N–H and O–H groups in total. The van der Waals surface area contributed by atoms with Crippen molar-refractivity contribution in [2.45, 2.75) is 6.92 Å². The summed E-state index contributed by atoms with van der Waals surface area (Å²) in [6, 6.07) is 0. The standard InChI is InChI=1S/C7H7NO4S/c1-3-8-4(6(9)10)5(13-3)7(11)12-2/h1-2H3,(H,9,10). The molecule has 0 fully saturated rings. The molecular formula is C7H7NO4S. The van der Waals surface area contributed by atoms with Gasteiger partial charge in [-0.1, -0.05) is 0 Å². The Morgan fingerprint density at radius 1 is 1.54 bits per heavy atom. The van der Waals surface area contributed by atoms with E-state index in [0.29, 0.717) is 5.01 Å². The number of ether oxygens (including phenoxy) is 1. The van der Waals surface area contributed by atoms with Crippen LogP contribution in [0.25, 0.3) is 0 Å². The summed E-state index contributed by atoms with van der Waals surface area (Å²) in [5.74, 6) is -1.88. The summed E-state index contributed by atoms with van der Waals surface area (Å²) in [6.07, 6.45) is 0. The molecule has 0 aromatic carbocycles. The topological polar surface area (TPSA) is 76.5 Å². The highest BCUT2D eigenvalue weighted by atomic mass is 32.1. The van der Waals surface area contributed by atoms with E-state index in [-0.39, 0.29) is 10.6 Å². The van der Waals surface area contributed by atoms with Crippen molar-refractivity contribution in [3.63, 3.8) is 0 Å². The average Bonchev–Trinajstić information content (AvgIpc) is 2.46. The summed E-state index contributed by atoms with van der Waals surface area (Å²) in [4.78, 5) is 25.4. The molecule has 0 unspecified atom stereocenters. The Labute approximate surface area is 78.0 Å². The van der Waals surface area contributed by atoms with Crippen molar-refractivity contribution in [3.8, 4) is 0 Å². The van der Waals surface area contributed by atoms with Crippen molar-refractivity contribution < 1.29 is 19.4 Å². The Morgan fingerprint density at radius 2 is 2.15 bits per heavy atom. The quantitative estimate of drug-likeness (QED) is 0.720. The van der Waals surface area contributed by atoms with E-state index in [1.807, 2.05) is 0 Å². The highest BCUT2D eigenvalue weighted by Gasteiger charge is 2.21. The highest BCUT2D eigenvalue weighted by molar-refractivity contribution is 7.13. The second-order valence-corrected chi connectivity index (χ2v) is 3.41. The fourth-order valence-electron chi connectivity index (χ4n) is 0.803. The second kappa shape index (κ2) is 3.53. The zero-order valence-corrected chi connectivity index (χ0v) is 7.84. The number of thiazole rings is 1. The number of carboxylic acid groups (broad SMARTS) is 1. The van der Waals surface area contributed by atoms with Crippen molar-refractivity contribution in [1.82, 2.24) is 4.98 Å². The summed E-state index contributed by atoms with van der Waals surface area (Å²) in [5, 5.41) is 9.19. The molecule has 1 heterocycles. The number of rotatable bonds is 2. The van der Waals surface area contributed by atoms with E-state index in [4.69, 9.17) is 5.11 Å². The van der Waals surface area contributed by atoms with Crippen LogP contribution in [0.3, 0.4) is 0 Å². The minimum atomic E-state index is -1.22. The predicted molar refractivity (Wildman–Crippen MR) is 45.1 cm³/mol. The number of carboxylic acids is 1. The molecule has 0 aliphatic carbocycles. The number of hydrogen-bond donors (Lipinski definition) is 1. The SMILES string of the molecule is COC(=O)c1sc(C)nc1C(=O)O. The van der Waals surface area contributed by atoms with Crippen LogP contribution in [0.5, 0.6) is 0 Å². The van der Waals surface area contributed by atoms with E-state index in [9.17, 15) is 9.59 Å². The van der Waals surface area contributed by atoms with Gasteiger partial charge in [-0.3, -0.25) is 0 Å². The van der Waals surface area contributed by atoms with Crippen LogP contribution in [-0.2, 0) is 4.74 Å². The fraction of sp³-hybridized carbons (Fsp3) is 0.286. The number of carbonyl (C=O) groups excluding carboxylic acids is 1. The Kier molecular flexibility index (Phi) is 2.62. The molecule has 0 saturated heterocycles. The molecule has 0 atom stereocenters. The van der Waals surface area contributed by atoms with Crippen LogP contribution < -0.4 is 0 Å². The molecule has 5 nitrogen and oxygen atoms in total. The zero-order valence-electron chi connectivity index (χ0n) is 7.03. The summed E-state index contributed by atoms with van der Waals surface area (Å²) >= 11 is 1.01. The van der Waals surface area contributed by atoms with E-state index in [2.05, 4.69) is 9.72 Å². The molecule has 1 rings (SSSR count). The molecule has 70 valence electrons. The maximum absolute atomic E-state index is 11.0. The van der Waals surface area contributed by atoms with Gasteiger partial charge in [0.2, 0.25) is 0 Å². The third kappa shape index (κ3) is 1.83. The molecule has 0 aliphatic heterocycles. The third-order valence-electron chi connectivity index (χ3n) is 1.31. The van der Waals surface area contributed by atoms with Gasteiger partial charge < -0.3 is 9.84 Å². The molecule has 6 heteroatoms. The monoisotopic (exact) mass is 201 g/mol. The first kappa shape index (κ1) is 9.66. The number of hydrogen-bond acceptors (Lipinski definition) is 5. The van der Waals surface area contributed by atoms with Crippen LogP contribution in [0, 0.1) is 6.92 Å². The first-order valence-corrected chi connectivity index (χ1v) is 4.17. The molecule has 0 amide bonds. The lowest BCUT2D eigenvalue weighted by molar-refractivity contribution is 0.0586. The lowest BCUT2D eigenvalue weighted by Crippen LogP contribution is -2.07. The normalized spacial score (nSPS) is 9.69. The molecule has 13 heavy (non-hydrogen) atoms. The Hall–Kier alpha value is -1.43. The first-order chi connectivity index (χ1) is 6.06. The molecule has 1 aromatic heterocycles. The van der Waals surface area contributed by atoms with Crippen LogP contribution >= 0.6 is 11.3 Å². The molecule has 0 spiro atoms. The minimum absolute atomic E-state index is 0.0347. The van der Waals surface area contributed by atoms with Gasteiger partial charge in [0, 0.05) is 0 Å². The van der Waals surface area contributed by atoms with Gasteiger partial charge >= 0.3 is 11.9 Å². The van der Waals surface area contributed by atoms with Gasteiger partial charge in [0.1, 0.15) is 4.88 Å². The predicted octanol–water partition coefficient (Wildman–Crippen LogP) is 0.936. The van der Waals surface area contributed by atoms with Crippen molar-refractivity contribution in [1.29, 1.82) is 0 Å². The molecule has 0 saturated carbocycles. The van der Waals surface area contributed by atoms with Crippen molar-refractivity contribution in [3.05, 3.63) is 15.6 Å². The lowest BCUT2D eigenvalue weighted by Gasteiger charge is -1.94. The maximum Gasteiger partial charge on any atom is 0.356 e. The highest BCUT2D eigenvalue weighted by Crippen LogP contribution is 2.18. The number of nitrogens with zero attached hydrogens (tertiary/aromatic N) is 1. The van der Waals surface area contributed by atoms with E-state index in [0.717, 1.165) is 11.3 Å². The van der Waals surface area contributed by atoms with Gasteiger partial charge in [-0.05, 0) is 6.92 Å². The smallest absolute Gasteiger partial charge is 0.356 e. The van der Waals surface area contributed by atoms with Gasteiger partial charge in [0.15, 0.2) is 5.69 Å². The zero-order chi connectivity index (χ0) is 10.0. The fourth-order valence-corrected chi connectivity index (χ4v) is 1.63. The van der Waals surface area contributed by atoms with E-state index in [1.54, 1.807) is 6.92 Å². The largest absolute Gasteiger partial charge is 0.476 e. The van der Waals surface area contributed by atoms with Gasteiger partial charge in [0.25, 0.3) is 0 Å². The number of carbonyl (C=O) groups is 2. The Balaban J connectivity index is 3.19. The lowest BCUT2D eigenvalue weighted by atomic mass is 10.3. The van der Waals surface area contributed by atoms with Gasteiger partial charge in [-0.25, -0.2) is 14.6 Å². The maximum atomic E-state index is 11.0. The number of aryl methyl sites for hydroxylation is 1. The average molecular weight is 201 g/mol. The third-order valence-corrected chi connectivity index (χ3v) is 2.26. The molecule has 0 aliphatic rings. The Morgan fingerprint density at radius 3 is 2.62 bits per heavy atom. The number of aromatic carboxylic acids is 1. The van der Waals surface area contributed by atoms with E-state index < -0.39 is 11.9 Å².